The highest BCUT2D eigenvalue weighted by Gasteiger charge is 2.31. The summed E-state index contributed by atoms with van der Waals surface area (Å²) in [5, 5.41) is 2.82. The first-order chi connectivity index (χ1) is 13.4. The summed E-state index contributed by atoms with van der Waals surface area (Å²) in [6, 6.07) is 5.19. The smallest absolute Gasteiger partial charge is 0.444 e. The normalized spacial score (nSPS) is 18.3. The van der Waals surface area contributed by atoms with Crippen molar-refractivity contribution in [3.63, 3.8) is 0 Å². The second-order valence-electron chi connectivity index (χ2n) is 7.86. The molecule has 29 heavy (non-hydrogen) atoms. The lowest BCUT2D eigenvalue weighted by molar-refractivity contribution is -0.274. The van der Waals surface area contributed by atoms with Gasteiger partial charge >= 0.3 is 12.5 Å². The minimum Gasteiger partial charge on any atom is -0.444 e. The molecule has 1 aromatic carbocycles. The zero-order valence-corrected chi connectivity index (χ0v) is 16.8. The van der Waals surface area contributed by atoms with Crippen LogP contribution in [0.4, 0.5) is 23.7 Å². The molecule has 1 atom stereocenters. The molecular weight excluding hydrogens is 389 g/mol. The van der Waals surface area contributed by atoms with Gasteiger partial charge in [-0.05, 0) is 63.8 Å². The number of likely N-dealkylation sites (tertiary alicyclic amines) is 1. The van der Waals surface area contributed by atoms with Crippen LogP contribution >= 0.6 is 0 Å². The van der Waals surface area contributed by atoms with Gasteiger partial charge in [-0.25, -0.2) is 4.79 Å². The number of alkyl halides is 3. The number of carbonyl (C=O) groups excluding carboxylic acids is 1. The number of nitrogens with one attached hydrogen (secondary N) is 1. The summed E-state index contributed by atoms with van der Waals surface area (Å²) in [6.07, 6.45) is -3.30. The van der Waals surface area contributed by atoms with Gasteiger partial charge in [0.15, 0.2) is 5.96 Å². The number of benzene rings is 1. The zero-order chi connectivity index (χ0) is 21.7. The Kier molecular flexibility index (Phi) is 7.21. The van der Waals surface area contributed by atoms with Gasteiger partial charge in [0.05, 0.1) is 0 Å². The van der Waals surface area contributed by atoms with E-state index in [1.54, 1.807) is 4.90 Å². The maximum atomic E-state index is 12.2. The number of hydrogen-bond donors (Lipinski definition) is 2. The summed E-state index contributed by atoms with van der Waals surface area (Å²) in [6.45, 7) is 7.08. The van der Waals surface area contributed by atoms with Crippen molar-refractivity contribution in [2.45, 2.75) is 45.6 Å². The van der Waals surface area contributed by atoms with Gasteiger partial charge in [-0.1, -0.05) is 0 Å². The van der Waals surface area contributed by atoms with E-state index in [1.807, 2.05) is 20.8 Å². The predicted molar refractivity (Wildman–Crippen MR) is 104 cm³/mol. The van der Waals surface area contributed by atoms with Crippen molar-refractivity contribution in [2.75, 3.05) is 25.0 Å². The van der Waals surface area contributed by atoms with E-state index in [0.29, 0.717) is 25.3 Å². The lowest BCUT2D eigenvalue weighted by atomic mass is 9.98. The minimum absolute atomic E-state index is 0.142. The molecule has 1 unspecified atom stereocenters. The monoisotopic (exact) mass is 416 g/mol. The number of piperidine rings is 1. The molecule has 0 radical (unpaired) electrons. The number of aliphatic imine (C=N–C) groups is 1. The number of amides is 1. The molecule has 0 spiro atoms. The van der Waals surface area contributed by atoms with Crippen LogP contribution < -0.4 is 15.8 Å². The highest BCUT2D eigenvalue weighted by Crippen LogP contribution is 2.24. The average Bonchev–Trinajstić information content (AvgIpc) is 2.59. The lowest BCUT2D eigenvalue weighted by Gasteiger charge is -2.33. The van der Waals surface area contributed by atoms with Crippen LogP contribution in [0.1, 0.15) is 33.6 Å². The van der Waals surface area contributed by atoms with E-state index in [9.17, 15) is 18.0 Å². The van der Waals surface area contributed by atoms with Gasteiger partial charge < -0.3 is 25.4 Å². The molecule has 1 heterocycles. The van der Waals surface area contributed by atoms with Gasteiger partial charge in [0, 0.05) is 25.3 Å². The second kappa shape index (κ2) is 9.23. The number of hydrogen-bond acceptors (Lipinski definition) is 4. The third kappa shape index (κ3) is 8.49. The summed E-state index contributed by atoms with van der Waals surface area (Å²) in [5.41, 5.74) is 5.80. The number of nitrogens with zero attached hydrogens (tertiary/aromatic N) is 2. The number of rotatable bonds is 4. The minimum atomic E-state index is -4.73. The van der Waals surface area contributed by atoms with E-state index in [2.05, 4.69) is 15.0 Å². The molecule has 1 aliphatic rings. The maximum Gasteiger partial charge on any atom is 0.573 e. The Labute approximate surface area is 168 Å². The van der Waals surface area contributed by atoms with Crippen molar-refractivity contribution in [1.82, 2.24) is 4.90 Å². The van der Waals surface area contributed by atoms with Crippen LogP contribution in [0.2, 0.25) is 0 Å². The van der Waals surface area contributed by atoms with Crippen LogP contribution in [0, 0.1) is 5.92 Å². The van der Waals surface area contributed by atoms with Crippen LogP contribution in [0.5, 0.6) is 5.75 Å². The van der Waals surface area contributed by atoms with Crippen LogP contribution in [0.25, 0.3) is 0 Å². The molecule has 1 aromatic rings. The third-order valence-corrected chi connectivity index (χ3v) is 4.05. The summed E-state index contributed by atoms with van der Waals surface area (Å²) in [4.78, 5) is 18.2. The Morgan fingerprint density at radius 1 is 1.28 bits per heavy atom. The van der Waals surface area contributed by atoms with Crippen molar-refractivity contribution in [3.05, 3.63) is 24.3 Å². The number of carbonyl (C=O) groups is 1. The number of anilines is 1. The summed E-state index contributed by atoms with van der Waals surface area (Å²) in [5.74, 6) is -0.0222. The van der Waals surface area contributed by atoms with E-state index < -0.39 is 12.0 Å². The van der Waals surface area contributed by atoms with Crippen LogP contribution in [0.15, 0.2) is 29.3 Å². The standard InChI is InChI=1S/C19H27F3N4O3/c1-18(2,3)29-17(27)26-10-4-5-13(12-26)11-24-16(23)25-14-6-8-15(9-7-14)28-19(20,21)22/h6-9,13H,4-5,10-12H2,1-3H3,(H3,23,24,25). The van der Waals surface area contributed by atoms with E-state index in [-0.39, 0.29) is 23.7 Å². The SMILES string of the molecule is CC(C)(C)OC(=O)N1CCCC(CN=C(N)Nc2ccc(OC(F)(F)F)cc2)C1. The van der Waals surface area contributed by atoms with Gasteiger partial charge in [0.2, 0.25) is 0 Å². The number of guanidine groups is 1. The molecule has 3 N–H and O–H groups in total. The Hall–Kier alpha value is -2.65. The van der Waals surface area contributed by atoms with Crippen molar-refractivity contribution in [1.29, 1.82) is 0 Å². The van der Waals surface area contributed by atoms with Crippen LogP contribution in [-0.4, -0.2) is 48.6 Å². The highest BCUT2D eigenvalue weighted by molar-refractivity contribution is 5.92. The molecule has 2 rings (SSSR count). The molecule has 1 saturated heterocycles. The Balaban J connectivity index is 1.85. The molecular formula is C19H27F3N4O3. The fraction of sp³-hybridized carbons (Fsp3) is 0.579. The molecule has 1 aliphatic heterocycles. The lowest BCUT2D eigenvalue weighted by Crippen LogP contribution is -2.43. The van der Waals surface area contributed by atoms with Crippen LogP contribution in [-0.2, 0) is 4.74 Å². The van der Waals surface area contributed by atoms with E-state index in [0.717, 1.165) is 12.8 Å². The topological polar surface area (TPSA) is 89.2 Å². The van der Waals surface area contributed by atoms with Gasteiger partial charge in [0.1, 0.15) is 11.4 Å². The fourth-order valence-electron chi connectivity index (χ4n) is 2.86. The highest BCUT2D eigenvalue weighted by atomic mass is 19.4. The van der Waals surface area contributed by atoms with Crippen molar-refractivity contribution in [3.8, 4) is 5.75 Å². The summed E-state index contributed by atoms with van der Waals surface area (Å²) < 4.78 is 45.8. The molecule has 10 heteroatoms. The molecule has 0 aromatic heterocycles. The molecule has 0 bridgehead atoms. The van der Waals surface area contributed by atoms with Crippen molar-refractivity contribution >= 4 is 17.7 Å². The largest absolute Gasteiger partial charge is 0.573 e. The fourth-order valence-corrected chi connectivity index (χ4v) is 2.86. The summed E-state index contributed by atoms with van der Waals surface area (Å²) >= 11 is 0. The van der Waals surface area contributed by atoms with Crippen LogP contribution in [0.3, 0.4) is 0 Å². The van der Waals surface area contributed by atoms with Crippen molar-refractivity contribution < 1.29 is 27.4 Å². The first-order valence-corrected chi connectivity index (χ1v) is 9.32. The Morgan fingerprint density at radius 3 is 2.52 bits per heavy atom. The first-order valence-electron chi connectivity index (χ1n) is 9.32. The van der Waals surface area contributed by atoms with Gasteiger partial charge in [-0.3, -0.25) is 4.99 Å². The Bertz CT molecular complexity index is 715. The molecule has 0 saturated carbocycles. The number of nitrogens with two attached hydrogens (primary N) is 1. The molecule has 1 amide bonds. The van der Waals surface area contributed by atoms with Gasteiger partial charge in [-0.15, -0.1) is 13.2 Å². The average molecular weight is 416 g/mol. The maximum absolute atomic E-state index is 12.2. The number of halogens is 3. The Morgan fingerprint density at radius 2 is 1.93 bits per heavy atom. The van der Waals surface area contributed by atoms with E-state index >= 15 is 0 Å². The molecule has 1 fully saturated rings. The van der Waals surface area contributed by atoms with E-state index in [1.165, 1.54) is 24.3 Å². The second-order valence-corrected chi connectivity index (χ2v) is 7.86. The summed E-state index contributed by atoms with van der Waals surface area (Å²) in [7, 11) is 0. The zero-order valence-electron chi connectivity index (χ0n) is 16.8. The molecule has 7 nitrogen and oxygen atoms in total. The van der Waals surface area contributed by atoms with E-state index in [4.69, 9.17) is 10.5 Å². The van der Waals surface area contributed by atoms with Gasteiger partial charge in [0.25, 0.3) is 0 Å². The predicted octanol–water partition coefficient (Wildman–Crippen LogP) is 3.96. The first kappa shape index (κ1) is 22.6. The van der Waals surface area contributed by atoms with Gasteiger partial charge in [-0.2, -0.15) is 0 Å². The van der Waals surface area contributed by atoms with Crippen molar-refractivity contribution in [2.24, 2.45) is 16.6 Å². The third-order valence-electron chi connectivity index (χ3n) is 4.05. The number of ether oxygens (including phenoxy) is 2. The molecule has 162 valence electrons. The quantitative estimate of drug-likeness (QED) is 0.573. The molecule has 0 aliphatic carbocycles.